The highest BCUT2D eigenvalue weighted by atomic mass is 16.6. The Morgan fingerprint density at radius 3 is 2.41 bits per heavy atom. The molecule has 4 aliphatic carbocycles. The number of anilines is 1. The molecule has 306 valence electrons. The number of aryl methyl sites for hydroxylation is 3. The molecule has 4 fully saturated rings. The molecule has 4 aliphatic rings. The number of aromatic hydroxyl groups is 1. The summed E-state index contributed by atoms with van der Waals surface area (Å²) in [6.07, 6.45) is 12.1. The highest BCUT2D eigenvalue weighted by molar-refractivity contribution is 5.91. The zero-order chi connectivity index (χ0) is 40.6. The van der Waals surface area contributed by atoms with Crippen molar-refractivity contribution in [2.45, 2.75) is 109 Å². The lowest BCUT2D eigenvalue weighted by atomic mass is 9.49. The van der Waals surface area contributed by atoms with Gasteiger partial charge in [0.05, 0.1) is 0 Å². The van der Waals surface area contributed by atoms with E-state index in [4.69, 9.17) is 25.7 Å². The van der Waals surface area contributed by atoms with Crippen molar-refractivity contribution in [3.8, 4) is 5.75 Å². The van der Waals surface area contributed by atoms with Crippen LogP contribution >= 0.6 is 0 Å². The number of H-pyrrole nitrogens is 1. The third kappa shape index (κ3) is 8.53. The predicted molar refractivity (Wildman–Crippen MR) is 215 cm³/mol. The smallest absolute Gasteiger partial charge is 0.405 e. The average molecular weight is 792 g/mol. The first-order chi connectivity index (χ1) is 27.9. The number of nitrogens with one attached hydrogen (secondary N) is 3. The molecule has 8 N–H and O–H groups in total. The van der Waals surface area contributed by atoms with Gasteiger partial charge in [0, 0.05) is 55.3 Å². The number of hydrogen-bond donors (Lipinski definition) is 6. The summed E-state index contributed by atoms with van der Waals surface area (Å²) in [7, 11) is 0. The number of fused-ring (bicyclic) bond motifs is 1. The van der Waals surface area contributed by atoms with Crippen molar-refractivity contribution in [1.82, 2.24) is 35.3 Å². The highest BCUT2D eigenvalue weighted by Gasteiger charge is 2.51. The summed E-state index contributed by atoms with van der Waals surface area (Å²) in [5.74, 6) is 2.50. The second-order valence-electron chi connectivity index (χ2n) is 17.1. The quantitative estimate of drug-likeness (QED) is 0.0737. The molecule has 0 unspecified atom stereocenters. The molecule has 3 heterocycles. The van der Waals surface area contributed by atoms with Gasteiger partial charge in [-0.2, -0.15) is 4.98 Å². The summed E-state index contributed by atoms with van der Waals surface area (Å²) in [5, 5.41) is 21.8. The lowest BCUT2D eigenvalue weighted by Crippen LogP contribution is -2.52. The molecule has 15 nitrogen and oxygen atoms in total. The van der Waals surface area contributed by atoms with Crippen molar-refractivity contribution in [3.05, 3.63) is 89.0 Å². The molecule has 0 saturated heterocycles. The Hall–Kier alpha value is -5.86. The van der Waals surface area contributed by atoms with Crippen molar-refractivity contribution in [1.29, 1.82) is 0 Å². The molecule has 0 spiro atoms. The van der Waals surface area contributed by atoms with E-state index >= 15 is 0 Å². The molecule has 4 saturated carbocycles. The Bertz CT molecular complexity index is 2240. The van der Waals surface area contributed by atoms with Gasteiger partial charge in [-0.05, 0) is 129 Å². The maximum Gasteiger partial charge on any atom is 0.405 e. The van der Waals surface area contributed by atoms with E-state index in [1.54, 1.807) is 29.1 Å². The third-order valence-corrected chi connectivity index (χ3v) is 12.8. The number of aromatic nitrogens is 5. The number of para-hydroxylation sites is 1. The van der Waals surface area contributed by atoms with Gasteiger partial charge in [0.25, 0.3) is 5.91 Å². The summed E-state index contributed by atoms with van der Waals surface area (Å²) in [6.45, 7) is 4.09. The Labute approximate surface area is 336 Å². The molecule has 2 aromatic carbocycles. The van der Waals surface area contributed by atoms with Crippen LogP contribution in [0.3, 0.4) is 0 Å². The fourth-order valence-electron chi connectivity index (χ4n) is 10.6. The third-order valence-electron chi connectivity index (χ3n) is 12.8. The zero-order valence-corrected chi connectivity index (χ0v) is 33.1. The van der Waals surface area contributed by atoms with Crippen LogP contribution in [-0.4, -0.2) is 59.8 Å². The first kappa shape index (κ1) is 39.0. The second kappa shape index (κ2) is 16.2. The van der Waals surface area contributed by atoms with Crippen LogP contribution in [0.25, 0.3) is 10.9 Å². The molecule has 0 radical (unpaired) electrons. The number of amides is 3. The van der Waals surface area contributed by atoms with E-state index in [0.29, 0.717) is 31.2 Å². The summed E-state index contributed by atoms with van der Waals surface area (Å²) < 4.78 is 13.0. The van der Waals surface area contributed by atoms with E-state index in [1.807, 2.05) is 44.3 Å². The van der Waals surface area contributed by atoms with Crippen LogP contribution in [0.2, 0.25) is 0 Å². The van der Waals surface area contributed by atoms with Crippen molar-refractivity contribution in [3.63, 3.8) is 0 Å². The topological polar surface area (TPSA) is 229 Å². The van der Waals surface area contributed by atoms with Crippen LogP contribution in [0.1, 0.15) is 91.4 Å². The largest absolute Gasteiger partial charge is 0.508 e. The highest BCUT2D eigenvalue weighted by Crippen LogP contribution is 2.61. The normalized spacial score (nSPS) is 22.4. The van der Waals surface area contributed by atoms with Crippen LogP contribution in [0.4, 0.5) is 10.7 Å². The van der Waals surface area contributed by atoms with E-state index in [1.165, 1.54) is 38.5 Å². The maximum absolute atomic E-state index is 14.7. The van der Waals surface area contributed by atoms with Crippen LogP contribution in [0.5, 0.6) is 5.75 Å². The number of nitrogen functional groups attached to an aromatic ring is 1. The Morgan fingerprint density at radius 1 is 1.03 bits per heavy atom. The maximum atomic E-state index is 14.7. The number of hydrogen-bond acceptors (Lipinski definition) is 10. The SMILES string of the molecule is Cc1cc(O)cc(C)c1C[C@H](NC(=O)[C@@H](CCCn1ccnc1N)OC(N)=O)C(=O)N[C@@H](Cc1c[nH]c2ccccc12)c1nc(CC23CC4CC(CC(C4)C2)C3)no1. The molecular formula is C43H53N9O6. The molecule has 9 rings (SSSR count). The number of rotatable bonds is 16. The van der Waals surface area contributed by atoms with Gasteiger partial charge in [-0.15, -0.1) is 0 Å². The van der Waals surface area contributed by atoms with Gasteiger partial charge in [-0.3, -0.25) is 9.59 Å². The lowest BCUT2D eigenvalue weighted by Gasteiger charge is -2.56. The number of carbonyl (C=O) groups excluding carboxylic acids is 3. The van der Waals surface area contributed by atoms with Crippen LogP contribution in [0.15, 0.2) is 59.5 Å². The number of primary amides is 1. The second-order valence-corrected chi connectivity index (χ2v) is 17.1. The van der Waals surface area contributed by atoms with E-state index in [9.17, 15) is 19.5 Å². The van der Waals surface area contributed by atoms with Crippen molar-refractivity contribution in [2.75, 3.05) is 5.73 Å². The fraction of sp³-hybridized carbons (Fsp3) is 0.488. The number of carbonyl (C=O) groups is 3. The molecule has 5 aromatic rings. The van der Waals surface area contributed by atoms with Crippen molar-refractivity contribution >= 4 is 34.8 Å². The van der Waals surface area contributed by atoms with Gasteiger partial charge >= 0.3 is 6.09 Å². The summed E-state index contributed by atoms with van der Waals surface area (Å²) >= 11 is 0. The molecule has 0 aliphatic heterocycles. The number of benzene rings is 2. The predicted octanol–water partition coefficient (Wildman–Crippen LogP) is 5.48. The van der Waals surface area contributed by atoms with Gasteiger partial charge < -0.3 is 46.0 Å². The molecule has 15 heteroatoms. The number of aromatic amines is 1. The van der Waals surface area contributed by atoms with Crippen molar-refractivity contribution < 1.29 is 28.8 Å². The van der Waals surface area contributed by atoms with Gasteiger partial charge in [0.15, 0.2) is 17.9 Å². The van der Waals surface area contributed by atoms with Gasteiger partial charge in [-0.1, -0.05) is 23.4 Å². The van der Waals surface area contributed by atoms with Gasteiger partial charge in [-0.25, -0.2) is 9.78 Å². The van der Waals surface area contributed by atoms with Gasteiger partial charge in [0.2, 0.25) is 11.8 Å². The monoisotopic (exact) mass is 791 g/mol. The molecule has 3 aromatic heterocycles. The fourth-order valence-corrected chi connectivity index (χ4v) is 10.6. The van der Waals surface area contributed by atoms with E-state index < -0.39 is 36.1 Å². The van der Waals surface area contributed by atoms with Crippen LogP contribution < -0.4 is 22.1 Å². The molecule has 58 heavy (non-hydrogen) atoms. The molecule has 3 atom stereocenters. The summed E-state index contributed by atoms with van der Waals surface area (Å²) in [6, 6.07) is 9.28. The number of nitrogens with zero attached hydrogens (tertiary/aromatic N) is 4. The summed E-state index contributed by atoms with van der Waals surface area (Å²) in [5.41, 5.74) is 15.7. The first-order valence-electron chi connectivity index (χ1n) is 20.4. The van der Waals surface area contributed by atoms with Crippen molar-refractivity contribution in [2.24, 2.45) is 28.9 Å². The minimum Gasteiger partial charge on any atom is -0.508 e. The molecule has 4 bridgehead atoms. The minimum atomic E-state index is -1.29. The van der Waals surface area contributed by atoms with E-state index in [-0.39, 0.29) is 29.9 Å². The average Bonchev–Trinajstić information content (AvgIpc) is 3.91. The van der Waals surface area contributed by atoms with Gasteiger partial charge in [0.1, 0.15) is 17.8 Å². The van der Waals surface area contributed by atoms with Crippen LogP contribution in [0, 0.1) is 37.0 Å². The van der Waals surface area contributed by atoms with Crippen LogP contribution in [-0.2, 0) is 40.1 Å². The summed E-state index contributed by atoms with van der Waals surface area (Å²) in [4.78, 5) is 53.0. The number of ether oxygens (including phenoxy) is 1. The number of phenols is 1. The Balaban J connectivity index is 1.07. The Morgan fingerprint density at radius 2 is 1.74 bits per heavy atom. The standard InChI is InChI=1S/C43H53N9O6/c1-24-12-30(53)13-25(2)32(24)18-34(48-39(55)36(57-42(45)56)8-5-10-52-11-9-46-41(52)44)38(54)49-35(17-29-23-47-33-7-4-3-6-31(29)33)40-50-37(51-58-40)22-43-19-26-14-27(20-43)16-28(15-26)21-43/h3-4,6-7,9,11-13,23,26-28,34-36,47,53H,5,8,10,14-22H2,1-2H3,(H2,44,46)(H2,45,56)(H,48,55)(H,49,54)/t26?,27?,28?,34-,35-,36+,43?/m0/s1. The van der Waals surface area contributed by atoms with E-state index in [0.717, 1.165) is 57.3 Å². The minimum absolute atomic E-state index is 0.0747. The van der Waals surface area contributed by atoms with E-state index in [2.05, 4.69) is 25.8 Å². The molecular weight excluding hydrogens is 739 g/mol. The number of phenolic OH excluding ortho intramolecular Hbond substituents is 1. The lowest BCUT2D eigenvalue weighted by molar-refractivity contribution is -0.134. The number of imidazole rings is 1. The number of nitrogens with two attached hydrogens (primary N) is 2. The molecule has 3 amide bonds. The Kier molecular flexibility index (Phi) is 10.9. The first-order valence-corrected chi connectivity index (χ1v) is 20.4. The zero-order valence-electron chi connectivity index (χ0n) is 33.1.